The van der Waals surface area contributed by atoms with Crippen molar-refractivity contribution < 1.29 is 9.90 Å². The number of aromatic nitrogens is 2. The van der Waals surface area contributed by atoms with Gasteiger partial charge < -0.3 is 10.4 Å². The van der Waals surface area contributed by atoms with Gasteiger partial charge in [0.2, 0.25) is 0 Å². The molecule has 17 heavy (non-hydrogen) atoms. The lowest BCUT2D eigenvalue weighted by molar-refractivity contribution is 0.245. The average Bonchev–Trinajstić information content (AvgIpc) is 2.54. The van der Waals surface area contributed by atoms with E-state index in [-0.39, 0.29) is 18.7 Å². The molecule has 1 unspecified atom stereocenters. The van der Waals surface area contributed by atoms with Crippen LogP contribution in [0.15, 0.2) is 6.07 Å². The van der Waals surface area contributed by atoms with Crippen molar-refractivity contribution in [2.75, 3.05) is 11.9 Å². The highest BCUT2D eigenvalue weighted by molar-refractivity contribution is 5.88. The molecule has 0 bridgehead atoms. The highest BCUT2D eigenvalue weighted by Crippen LogP contribution is 2.07. The molecule has 0 aliphatic carbocycles. The molecule has 3 N–H and O–H groups in total. The van der Waals surface area contributed by atoms with Crippen molar-refractivity contribution in [3.63, 3.8) is 0 Å². The summed E-state index contributed by atoms with van der Waals surface area (Å²) in [6.07, 6.45) is 1.45. The number of urea groups is 1. The standard InChI is InChI=1S/C11H20N4O2/c1-8(5-4-6-16)12-11(17)13-10-7-9(2)14-15(10)3/h7-8,16H,4-6H2,1-3H3,(H2,12,13,17). The van der Waals surface area contributed by atoms with E-state index in [9.17, 15) is 4.79 Å². The number of hydrogen-bond acceptors (Lipinski definition) is 3. The summed E-state index contributed by atoms with van der Waals surface area (Å²) in [6, 6.07) is 1.59. The van der Waals surface area contributed by atoms with E-state index < -0.39 is 0 Å². The Hall–Kier alpha value is -1.56. The molecule has 2 amide bonds. The summed E-state index contributed by atoms with van der Waals surface area (Å²) in [5.41, 5.74) is 0.858. The third-order valence-electron chi connectivity index (χ3n) is 2.42. The summed E-state index contributed by atoms with van der Waals surface area (Å²) in [5.74, 6) is 0.661. The first-order chi connectivity index (χ1) is 8.02. The number of carbonyl (C=O) groups excluding carboxylic acids is 1. The van der Waals surface area contributed by atoms with E-state index in [1.165, 1.54) is 0 Å². The van der Waals surface area contributed by atoms with Gasteiger partial charge in [-0.05, 0) is 26.7 Å². The number of amides is 2. The molecule has 96 valence electrons. The van der Waals surface area contributed by atoms with Crippen LogP contribution in [-0.2, 0) is 7.05 Å². The van der Waals surface area contributed by atoms with Crippen molar-refractivity contribution in [2.45, 2.75) is 32.7 Å². The van der Waals surface area contributed by atoms with Gasteiger partial charge in [-0.2, -0.15) is 5.10 Å². The Morgan fingerprint density at radius 1 is 1.65 bits per heavy atom. The third kappa shape index (κ3) is 4.44. The van der Waals surface area contributed by atoms with E-state index in [4.69, 9.17) is 5.11 Å². The van der Waals surface area contributed by atoms with Gasteiger partial charge in [-0.15, -0.1) is 0 Å². The van der Waals surface area contributed by atoms with E-state index >= 15 is 0 Å². The molecule has 0 radical (unpaired) electrons. The maximum absolute atomic E-state index is 11.6. The summed E-state index contributed by atoms with van der Waals surface area (Å²) >= 11 is 0. The fourth-order valence-corrected chi connectivity index (χ4v) is 1.57. The van der Waals surface area contributed by atoms with Crippen LogP contribution in [0.4, 0.5) is 10.6 Å². The minimum atomic E-state index is -0.251. The first kappa shape index (κ1) is 13.5. The Kier molecular flexibility index (Phi) is 4.96. The van der Waals surface area contributed by atoms with Gasteiger partial charge in [-0.1, -0.05) is 0 Å². The molecule has 0 spiro atoms. The minimum absolute atomic E-state index is 0.0384. The highest BCUT2D eigenvalue weighted by Gasteiger charge is 2.09. The molecule has 0 saturated heterocycles. The normalized spacial score (nSPS) is 12.2. The lowest BCUT2D eigenvalue weighted by Crippen LogP contribution is -2.36. The lowest BCUT2D eigenvalue weighted by Gasteiger charge is -2.13. The Balaban J connectivity index is 2.41. The van der Waals surface area contributed by atoms with Crippen LogP contribution < -0.4 is 10.6 Å². The van der Waals surface area contributed by atoms with Crippen molar-refractivity contribution in [2.24, 2.45) is 7.05 Å². The molecule has 1 aromatic rings. The Morgan fingerprint density at radius 2 is 2.35 bits per heavy atom. The third-order valence-corrected chi connectivity index (χ3v) is 2.42. The predicted octanol–water partition coefficient (Wildman–Crippen LogP) is 1.01. The van der Waals surface area contributed by atoms with Gasteiger partial charge in [0, 0.05) is 25.8 Å². The van der Waals surface area contributed by atoms with Gasteiger partial charge in [0.1, 0.15) is 5.82 Å². The van der Waals surface area contributed by atoms with Crippen molar-refractivity contribution in [3.8, 4) is 0 Å². The molecule has 0 aromatic carbocycles. The molecule has 0 aliphatic rings. The van der Waals surface area contributed by atoms with Crippen LogP contribution in [0.5, 0.6) is 0 Å². The highest BCUT2D eigenvalue weighted by atomic mass is 16.3. The number of carbonyl (C=O) groups is 1. The first-order valence-electron chi connectivity index (χ1n) is 5.72. The predicted molar refractivity (Wildman–Crippen MR) is 65.9 cm³/mol. The van der Waals surface area contributed by atoms with Crippen LogP contribution in [-0.4, -0.2) is 33.6 Å². The second kappa shape index (κ2) is 6.24. The largest absolute Gasteiger partial charge is 0.396 e. The molecule has 0 saturated carbocycles. The summed E-state index contributed by atoms with van der Waals surface area (Å²) in [5, 5.41) is 18.3. The van der Waals surface area contributed by atoms with Crippen molar-refractivity contribution in [3.05, 3.63) is 11.8 Å². The fourth-order valence-electron chi connectivity index (χ4n) is 1.57. The zero-order valence-corrected chi connectivity index (χ0v) is 10.5. The zero-order valence-electron chi connectivity index (χ0n) is 10.5. The van der Waals surface area contributed by atoms with Gasteiger partial charge in [0.25, 0.3) is 0 Å². The van der Waals surface area contributed by atoms with Gasteiger partial charge >= 0.3 is 6.03 Å². The number of aliphatic hydroxyl groups excluding tert-OH is 1. The van der Waals surface area contributed by atoms with Crippen LogP contribution in [0.1, 0.15) is 25.5 Å². The van der Waals surface area contributed by atoms with Gasteiger partial charge in [0.15, 0.2) is 0 Å². The molecular formula is C11H20N4O2. The monoisotopic (exact) mass is 240 g/mol. The van der Waals surface area contributed by atoms with E-state index in [0.717, 1.165) is 12.1 Å². The number of aliphatic hydroxyl groups is 1. The molecule has 1 atom stereocenters. The summed E-state index contributed by atoms with van der Waals surface area (Å²) in [7, 11) is 1.78. The lowest BCUT2D eigenvalue weighted by atomic mass is 10.2. The van der Waals surface area contributed by atoms with Crippen LogP contribution in [0.25, 0.3) is 0 Å². The van der Waals surface area contributed by atoms with Crippen molar-refractivity contribution in [1.29, 1.82) is 0 Å². The Bertz CT molecular complexity index is 376. The average molecular weight is 240 g/mol. The molecule has 1 aromatic heterocycles. The van der Waals surface area contributed by atoms with E-state index in [0.29, 0.717) is 12.2 Å². The maximum atomic E-state index is 11.6. The van der Waals surface area contributed by atoms with E-state index in [1.807, 2.05) is 13.8 Å². The van der Waals surface area contributed by atoms with E-state index in [1.54, 1.807) is 17.8 Å². The second-order valence-corrected chi connectivity index (χ2v) is 4.16. The molecule has 0 fully saturated rings. The summed E-state index contributed by atoms with van der Waals surface area (Å²) < 4.78 is 1.62. The number of nitrogens with zero attached hydrogens (tertiary/aromatic N) is 2. The molecule has 0 aliphatic heterocycles. The Labute approximate surface area is 101 Å². The van der Waals surface area contributed by atoms with Crippen molar-refractivity contribution >= 4 is 11.8 Å². The topological polar surface area (TPSA) is 79.2 Å². The van der Waals surface area contributed by atoms with Crippen LogP contribution in [0.3, 0.4) is 0 Å². The molecular weight excluding hydrogens is 220 g/mol. The first-order valence-corrected chi connectivity index (χ1v) is 5.72. The van der Waals surface area contributed by atoms with Gasteiger partial charge in [-0.3, -0.25) is 10.00 Å². The second-order valence-electron chi connectivity index (χ2n) is 4.16. The number of rotatable bonds is 5. The minimum Gasteiger partial charge on any atom is -0.396 e. The quantitative estimate of drug-likeness (QED) is 0.718. The number of anilines is 1. The molecule has 1 heterocycles. The molecule has 6 heteroatoms. The molecule has 6 nitrogen and oxygen atoms in total. The van der Waals surface area contributed by atoms with Crippen LogP contribution in [0, 0.1) is 6.92 Å². The van der Waals surface area contributed by atoms with Crippen molar-refractivity contribution in [1.82, 2.24) is 15.1 Å². The smallest absolute Gasteiger partial charge is 0.320 e. The maximum Gasteiger partial charge on any atom is 0.320 e. The van der Waals surface area contributed by atoms with Crippen LogP contribution >= 0.6 is 0 Å². The molecule has 1 rings (SSSR count). The van der Waals surface area contributed by atoms with Gasteiger partial charge in [-0.25, -0.2) is 4.79 Å². The zero-order chi connectivity index (χ0) is 12.8. The fraction of sp³-hybridized carbons (Fsp3) is 0.636. The Morgan fingerprint density at radius 3 is 2.88 bits per heavy atom. The van der Waals surface area contributed by atoms with E-state index in [2.05, 4.69) is 15.7 Å². The van der Waals surface area contributed by atoms with Crippen LogP contribution in [0.2, 0.25) is 0 Å². The summed E-state index contributed by atoms with van der Waals surface area (Å²) in [4.78, 5) is 11.6. The number of aryl methyl sites for hydroxylation is 2. The summed E-state index contributed by atoms with van der Waals surface area (Å²) in [6.45, 7) is 3.92. The number of hydrogen-bond donors (Lipinski definition) is 3. The van der Waals surface area contributed by atoms with Gasteiger partial charge in [0.05, 0.1) is 5.69 Å². The SMILES string of the molecule is Cc1cc(NC(=O)NC(C)CCCO)n(C)n1. The number of nitrogens with one attached hydrogen (secondary N) is 2.